The number of carbonyl (C=O) groups is 3. The number of anilines is 1. The minimum absolute atomic E-state index is 0.0736. The van der Waals surface area contributed by atoms with Gasteiger partial charge in [0.2, 0.25) is 0 Å². The fraction of sp³-hybridized carbons (Fsp3) is 0.381. The van der Waals surface area contributed by atoms with Crippen LogP contribution in [0.25, 0.3) is 0 Å². The van der Waals surface area contributed by atoms with E-state index in [1.54, 1.807) is 39.0 Å². The highest BCUT2D eigenvalue weighted by molar-refractivity contribution is 6.31. The number of amides is 2. The van der Waals surface area contributed by atoms with Gasteiger partial charge in [0, 0.05) is 11.1 Å². The number of carbonyl (C=O) groups excluding carboxylic acids is 3. The summed E-state index contributed by atoms with van der Waals surface area (Å²) < 4.78 is 15.6. The number of methoxy groups -OCH3 is 1. The van der Waals surface area contributed by atoms with Gasteiger partial charge in [0.05, 0.1) is 19.1 Å². The summed E-state index contributed by atoms with van der Waals surface area (Å²) in [6, 6.07) is 5.34. The third-order valence-corrected chi connectivity index (χ3v) is 4.76. The Hall–Kier alpha value is -3.00. The van der Waals surface area contributed by atoms with Crippen LogP contribution in [0.5, 0.6) is 5.75 Å². The summed E-state index contributed by atoms with van der Waals surface area (Å²) in [4.78, 5) is 37.3. The van der Waals surface area contributed by atoms with Gasteiger partial charge in [-0.25, -0.2) is 4.79 Å². The molecule has 8 nitrogen and oxygen atoms in total. The zero-order valence-electron chi connectivity index (χ0n) is 17.4. The quantitative estimate of drug-likeness (QED) is 0.612. The Bertz CT molecular complexity index is 910. The molecule has 2 amide bonds. The molecule has 1 heterocycles. The first-order chi connectivity index (χ1) is 14.1. The zero-order chi connectivity index (χ0) is 22.4. The number of halogens is 1. The van der Waals surface area contributed by atoms with Crippen LogP contribution in [0.1, 0.15) is 36.9 Å². The fourth-order valence-corrected chi connectivity index (χ4v) is 2.74. The third kappa shape index (κ3) is 5.76. The third-order valence-electron chi connectivity index (χ3n) is 4.35. The van der Waals surface area contributed by atoms with Crippen molar-refractivity contribution in [3.63, 3.8) is 0 Å². The average Bonchev–Trinajstić information content (AvgIpc) is 3.22. The van der Waals surface area contributed by atoms with E-state index >= 15 is 0 Å². The molecule has 0 spiro atoms. The summed E-state index contributed by atoms with van der Waals surface area (Å²) in [6.45, 7) is 6.73. The number of rotatable bonds is 8. The van der Waals surface area contributed by atoms with Gasteiger partial charge in [-0.1, -0.05) is 25.4 Å². The Morgan fingerprint density at radius 1 is 1.17 bits per heavy atom. The second-order valence-electron chi connectivity index (χ2n) is 7.04. The van der Waals surface area contributed by atoms with Gasteiger partial charge in [-0.3, -0.25) is 9.59 Å². The van der Waals surface area contributed by atoms with Gasteiger partial charge < -0.3 is 24.5 Å². The van der Waals surface area contributed by atoms with Gasteiger partial charge in [-0.2, -0.15) is 0 Å². The minimum Gasteiger partial charge on any atom is -0.495 e. The van der Waals surface area contributed by atoms with Crippen LogP contribution >= 0.6 is 11.6 Å². The molecule has 0 bridgehead atoms. The van der Waals surface area contributed by atoms with Gasteiger partial charge in [0.15, 0.2) is 11.9 Å². The summed E-state index contributed by atoms with van der Waals surface area (Å²) in [5.74, 6) is -1.65. The second-order valence-corrected chi connectivity index (χ2v) is 7.45. The average molecular weight is 437 g/mol. The number of hydrogen-bond donors (Lipinski definition) is 2. The van der Waals surface area contributed by atoms with Gasteiger partial charge in [0.25, 0.3) is 11.8 Å². The molecule has 30 heavy (non-hydrogen) atoms. The lowest BCUT2D eigenvalue weighted by atomic mass is 10.0. The number of benzene rings is 1. The van der Waals surface area contributed by atoms with E-state index in [-0.39, 0.29) is 11.7 Å². The van der Waals surface area contributed by atoms with Crippen molar-refractivity contribution in [3.8, 4) is 5.75 Å². The molecule has 0 aliphatic heterocycles. The highest BCUT2D eigenvalue weighted by atomic mass is 35.5. The van der Waals surface area contributed by atoms with Crippen LogP contribution in [-0.4, -0.2) is 37.0 Å². The van der Waals surface area contributed by atoms with Crippen LogP contribution in [0.3, 0.4) is 0 Å². The lowest BCUT2D eigenvalue weighted by Crippen LogP contribution is -2.47. The lowest BCUT2D eigenvalue weighted by molar-refractivity contribution is -0.156. The highest BCUT2D eigenvalue weighted by Gasteiger charge is 2.30. The maximum Gasteiger partial charge on any atom is 0.329 e. The highest BCUT2D eigenvalue weighted by Crippen LogP contribution is 2.31. The van der Waals surface area contributed by atoms with Gasteiger partial charge in [0.1, 0.15) is 11.8 Å². The molecule has 0 saturated heterocycles. The Morgan fingerprint density at radius 2 is 1.87 bits per heavy atom. The topological polar surface area (TPSA) is 107 Å². The fourth-order valence-electron chi connectivity index (χ4n) is 2.58. The van der Waals surface area contributed by atoms with Crippen LogP contribution in [0.4, 0.5) is 5.69 Å². The molecular weight excluding hydrogens is 412 g/mol. The molecule has 0 aliphatic carbocycles. The molecule has 0 aliphatic rings. The summed E-state index contributed by atoms with van der Waals surface area (Å²) in [6.07, 6.45) is 0.247. The van der Waals surface area contributed by atoms with E-state index < -0.39 is 29.9 Å². The molecule has 1 aromatic carbocycles. The molecule has 1 aromatic heterocycles. The largest absolute Gasteiger partial charge is 0.495 e. The Balaban J connectivity index is 2.04. The van der Waals surface area contributed by atoms with Gasteiger partial charge in [-0.15, -0.1) is 0 Å². The Kier molecular flexibility index (Phi) is 7.88. The number of esters is 1. The van der Waals surface area contributed by atoms with Gasteiger partial charge >= 0.3 is 5.97 Å². The molecule has 1 unspecified atom stereocenters. The molecule has 0 fully saturated rings. The molecule has 2 N–H and O–H groups in total. The van der Waals surface area contributed by atoms with Crippen molar-refractivity contribution in [2.75, 3.05) is 12.4 Å². The first-order valence-corrected chi connectivity index (χ1v) is 9.71. The molecule has 2 rings (SSSR count). The first-order valence-electron chi connectivity index (χ1n) is 9.33. The normalized spacial score (nSPS) is 12.8. The van der Waals surface area contributed by atoms with Crippen molar-refractivity contribution in [1.29, 1.82) is 0 Å². The molecule has 9 heteroatoms. The standard InChI is InChI=1S/C21H25ClN2O6/c1-11(2)18(24-20(26)16-7-6-8-29-16)21(27)30-13(4)19(25)23-15-9-12(3)14(22)10-17(15)28-5/h6-11,13,18H,1-5H3,(H,23,25)(H,24,26)/t13?,18-/m0/s1. The van der Waals surface area contributed by atoms with Crippen LogP contribution in [0.2, 0.25) is 5.02 Å². The number of ether oxygens (including phenoxy) is 2. The Morgan fingerprint density at radius 3 is 2.43 bits per heavy atom. The predicted octanol–water partition coefficient (Wildman–Crippen LogP) is 3.57. The zero-order valence-corrected chi connectivity index (χ0v) is 18.2. The van der Waals surface area contributed by atoms with E-state index in [1.165, 1.54) is 26.4 Å². The number of nitrogens with one attached hydrogen (secondary N) is 2. The molecule has 0 saturated carbocycles. The van der Waals surface area contributed by atoms with Crippen LogP contribution < -0.4 is 15.4 Å². The van der Waals surface area contributed by atoms with Crippen LogP contribution in [0.15, 0.2) is 34.9 Å². The molecule has 0 radical (unpaired) electrons. The van der Waals surface area contributed by atoms with Crippen LogP contribution in [0, 0.1) is 12.8 Å². The monoisotopic (exact) mass is 436 g/mol. The number of aryl methyl sites for hydroxylation is 1. The van der Waals surface area contributed by atoms with Crippen molar-refractivity contribution in [2.45, 2.75) is 39.8 Å². The van der Waals surface area contributed by atoms with Crippen molar-refractivity contribution in [1.82, 2.24) is 5.32 Å². The Labute approximate surface area is 179 Å². The van der Waals surface area contributed by atoms with Crippen molar-refractivity contribution < 1.29 is 28.3 Å². The molecule has 2 atom stereocenters. The molecule has 2 aromatic rings. The summed E-state index contributed by atoms with van der Waals surface area (Å²) in [5.41, 5.74) is 1.15. The number of hydrogen-bond acceptors (Lipinski definition) is 6. The summed E-state index contributed by atoms with van der Waals surface area (Å²) in [5, 5.41) is 5.73. The van der Waals surface area contributed by atoms with E-state index in [0.717, 1.165) is 5.56 Å². The van der Waals surface area contributed by atoms with Crippen LogP contribution in [-0.2, 0) is 14.3 Å². The maximum absolute atomic E-state index is 12.6. The maximum atomic E-state index is 12.6. The van der Waals surface area contributed by atoms with E-state index in [2.05, 4.69) is 10.6 Å². The van der Waals surface area contributed by atoms with E-state index in [0.29, 0.717) is 16.5 Å². The summed E-state index contributed by atoms with van der Waals surface area (Å²) in [7, 11) is 1.45. The van der Waals surface area contributed by atoms with Crippen molar-refractivity contribution >= 4 is 35.1 Å². The second kappa shape index (κ2) is 10.2. The predicted molar refractivity (Wildman–Crippen MR) is 112 cm³/mol. The van der Waals surface area contributed by atoms with Crippen molar-refractivity contribution in [2.24, 2.45) is 5.92 Å². The molecule has 162 valence electrons. The lowest BCUT2D eigenvalue weighted by Gasteiger charge is -2.22. The number of furan rings is 1. The van der Waals surface area contributed by atoms with E-state index in [9.17, 15) is 14.4 Å². The van der Waals surface area contributed by atoms with E-state index in [4.69, 9.17) is 25.5 Å². The van der Waals surface area contributed by atoms with Crippen molar-refractivity contribution in [3.05, 3.63) is 46.9 Å². The SMILES string of the molecule is COc1cc(Cl)c(C)cc1NC(=O)C(C)OC(=O)[C@@H](NC(=O)c1ccco1)C(C)C. The van der Waals surface area contributed by atoms with Gasteiger partial charge in [-0.05, 0) is 43.5 Å². The van der Waals surface area contributed by atoms with E-state index in [1.807, 2.05) is 0 Å². The smallest absolute Gasteiger partial charge is 0.329 e. The summed E-state index contributed by atoms with van der Waals surface area (Å²) >= 11 is 6.07. The molecular formula is C21H25ClN2O6. The minimum atomic E-state index is -1.11. The first kappa shape index (κ1) is 23.3.